The highest BCUT2D eigenvalue weighted by Crippen LogP contribution is 2.16. The SMILES string of the molecule is CCn1nnnc1SCC(=O)Nc1ccccc1F. The van der Waals surface area contributed by atoms with Crippen LogP contribution in [0.15, 0.2) is 29.4 Å². The molecule has 0 fully saturated rings. The molecule has 19 heavy (non-hydrogen) atoms. The van der Waals surface area contributed by atoms with Gasteiger partial charge < -0.3 is 5.32 Å². The van der Waals surface area contributed by atoms with Gasteiger partial charge in [-0.3, -0.25) is 4.79 Å². The molecule has 1 N–H and O–H groups in total. The van der Waals surface area contributed by atoms with E-state index in [-0.39, 0.29) is 17.3 Å². The van der Waals surface area contributed by atoms with Crippen molar-refractivity contribution in [1.29, 1.82) is 0 Å². The summed E-state index contributed by atoms with van der Waals surface area (Å²) in [4.78, 5) is 11.7. The molecule has 0 atom stereocenters. The number of nitrogens with zero attached hydrogens (tertiary/aromatic N) is 4. The van der Waals surface area contributed by atoms with Gasteiger partial charge in [-0.15, -0.1) is 5.10 Å². The van der Waals surface area contributed by atoms with E-state index in [0.29, 0.717) is 11.7 Å². The van der Waals surface area contributed by atoms with Crippen molar-refractivity contribution in [2.75, 3.05) is 11.1 Å². The summed E-state index contributed by atoms with van der Waals surface area (Å²) < 4.78 is 14.9. The Balaban J connectivity index is 1.90. The maximum atomic E-state index is 13.3. The molecule has 1 aromatic heterocycles. The summed E-state index contributed by atoms with van der Waals surface area (Å²) in [5.41, 5.74) is 0.170. The standard InChI is InChI=1S/C11H12FN5OS/c1-2-17-11(14-15-16-17)19-7-10(18)13-9-6-4-3-5-8(9)12/h3-6H,2,7H2,1H3,(H,13,18). The van der Waals surface area contributed by atoms with Crippen molar-refractivity contribution in [2.45, 2.75) is 18.6 Å². The molecule has 0 saturated carbocycles. The molecule has 1 aromatic carbocycles. The second-order valence-corrected chi connectivity index (χ2v) is 4.54. The smallest absolute Gasteiger partial charge is 0.234 e. The Morgan fingerprint density at radius 1 is 1.47 bits per heavy atom. The molecule has 1 heterocycles. The Morgan fingerprint density at radius 3 is 3.00 bits per heavy atom. The first-order valence-electron chi connectivity index (χ1n) is 5.64. The fourth-order valence-electron chi connectivity index (χ4n) is 1.38. The molecule has 2 aromatic rings. The van der Waals surface area contributed by atoms with Crippen molar-refractivity contribution in [1.82, 2.24) is 20.2 Å². The normalized spacial score (nSPS) is 10.4. The summed E-state index contributed by atoms with van der Waals surface area (Å²) in [7, 11) is 0. The second-order valence-electron chi connectivity index (χ2n) is 3.59. The van der Waals surface area contributed by atoms with Crippen LogP contribution in [0.1, 0.15) is 6.92 Å². The Labute approximate surface area is 113 Å². The number of amides is 1. The van der Waals surface area contributed by atoms with E-state index in [2.05, 4.69) is 20.8 Å². The maximum absolute atomic E-state index is 13.3. The topological polar surface area (TPSA) is 72.7 Å². The van der Waals surface area contributed by atoms with E-state index in [9.17, 15) is 9.18 Å². The lowest BCUT2D eigenvalue weighted by molar-refractivity contribution is -0.113. The average molecular weight is 281 g/mol. The predicted molar refractivity (Wildman–Crippen MR) is 69.2 cm³/mol. The maximum Gasteiger partial charge on any atom is 0.234 e. The number of halogens is 1. The number of hydrogen-bond donors (Lipinski definition) is 1. The summed E-state index contributed by atoms with van der Waals surface area (Å²) in [6, 6.07) is 6.02. The second kappa shape index (κ2) is 6.28. The first-order valence-corrected chi connectivity index (χ1v) is 6.62. The fraction of sp³-hybridized carbons (Fsp3) is 0.273. The van der Waals surface area contributed by atoms with Crippen molar-refractivity contribution in [3.8, 4) is 0 Å². The third kappa shape index (κ3) is 3.50. The van der Waals surface area contributed by atoms with Crippen LogP contribution in [-0.2, 0) is 11.3 Å². The molecule has 0 bridgehead atoms. The van der Waals surface area contributed by atoms with E-state index in [1.807, 2.05) is 6.92 Å². The highest BCUT2D eigenvalue weighted by molar-refractivity contribution is 7.99. The molecule has 0 saturated heterocycles. The number of para-hydroxylation sites is 1. The number of rotatable bonds is 5. The van der Waals surface area contributed by atoms with Gasteiger partial charge in [-0.25, -0.2) is 9.07 Å². The van der Waals surface area contributed by atoms with Gasteiger partial charge in [0, 0.05) is 6.54 Å². The lowest BCUT2D eigenvalue weighted by atomic mass is 10.3. The van der Waals surface area contributed by atoms with Crippen LogP contribution in [0, 0.1) is 5.82 Å². The first-order chi connectivity index (χ1) is 9.20. The fourth-order valence-corrected chi connectivity index (χ4v) is 2.12. The lowest BCUT2D eigenvalue weighted by Crippen LogP contribution is -2.15. The van der Waals surface area contributed by atoms with Crippen molar-refractivity contribution < 1.29 is 9.18 Å². The van der Waals surface area contributed by atoms with Crippen molar-refractivity contribution in [2.24, 2.45) is 0 Å². The Morgan fingerprint density at radius 2 is 2.26 bits per heavy atom. The molecule has 0 aliphatic heterocycles. The third-order valence-corrected chi connectivity index (χ3v) is 3.24. The van der Waals surface area contributed by atoms with E-state index in [0.717, 1.165) is 0 Å². The van der Waals surface area contributed by atoms with Gasteiger partial charge in [0.05, 0.1) is 11.4 Å². The van der Waals surface area contributed by atoms with Crippen molar-refractivity contribution >= 4 is 23.4 Å². The molecule has 8 heteroatoms. The summed E-state index contributed by atoms with van der Waals surface area (Å²) in [6.45, 7) is 2.53. The Hall–Kier alpha value is -1.96. The van der Waals surface area contributed by atoms with Crippen LogP contribution >= 0.6 is 11.8 Å². The van der Waals surface area contributed by atoms with Crippen LogP contribution in [0.25, 0.3) is 0 Å². The molecule has 0 aliphatic rings. The molecule has 6 nitrogen and oxygen atoms in total. The first kappa shape index (κ1) is 13.5. The zero-order valence-corrected chi connectivity index (χ0v) is 11.0. The molecule has 2 rings (SSSR count). The van der Waals surface area contributed by atoms with Crippen LogP contribution in [0.3, 0.4) is 0 Å². The zero-order valence-electron chi connectivity index (χ0n) is 10.2. The number of hydrogen-bond acceptors (Lipinski definition) is 5. The molecule has 0 radical (unpaired) electrons. The molecule has 0 unspecified atom stereocenters. The summed E-state index contributed by atoms with van der Waals surface area (Å²) in [5, 5.41) is 14.1. The minimum atomic E-state index is -0.459. The summed E-state index contributed by atoms with van der Waals surface area (Å²) in [6.07, 6.45) is 0. The minimum absolute atomic E-state index is 0.120. The van der Waals surface area contributed by atoms with Crippen molar-refractivity contribution in [3.63, 3.8) is 0 Å². The van der Waals surface area contributed by atoms with E-state index < -0.39 is 5.82 Å². The number of anilines is 1. The van der Waals surface area contributed by atoms with E-state index in [4.69, 9.17) is 0 Å². The van der Waals surface area contributed by atoms with Crippen molar-refractivity contribution in [3.05, 3.63) is 30.1 Å². The minimum Gasteiger partial charge on any atom is -0.323 e. The zero-order chi connectivity index (χ0) is 13.7. The highest BCUT2D eigenvalue weighted by atomic mass is 32.2. The summed E-state index contributed by atoms with van der Waals surface area (Å²) in [5.74, 6) is -0.644. The number of carbonyl (C=O) groups excluding carboxylic acids is 1. The van der Waals surface area contributed by atoms with E-state index in [1.54, 1.807) is 16.8 Å². The molecule has 0 spiro atoms. The van der Waals surface area contributed by atoms with Gasteiger partial charge in [-0.2, -0.15) is 0 Å². The predicted octanol–water partition coefficient (Wildman–Crippen LogP) is 1.56. The number of tetrazole rings is 1. The van der Waals surface area contributed by atoms with E-state index >= 15 is 0 Å². The molecule has 0 aliphatic carbocycles. The number of aryl methyl sites for hydroxylation is 1. The molecular weight excluding hydrogens is 269 g/mol. The Kier molecular flexibility index (Phi) is 4.45. The highest BCUT2D eigenvalue weighted by Gasteiger charge is 2.10. The third-order valence-electron chi connectivity index (χ3n) is 2.28. The number of benzene rings is 1. The van der Waals surface area contributed by atoms with Crippen LogP contribution in [0.5, 0.6) is 0 Å². The summed E-state index contributed by atoms with van der Waals surface area (Å²) >= 11 is 1.20. The van der Waals surface area contributed by atoms with Crippen LogP contribution in [0.2, 0.25) is 0 Å². The molecule has 100 valence electrons. The average Bonchev–Trinajstić information content (AvgIpc) is 2.86. The lowest BCUT2D eigenvalue weighted by Gasteiger charge is -2.05. The van der Waals surface area contributed by atoms with Gasteiger partial charge in [0.1, 0.15) is 5.82 Å². The van der Waals surface area contributed by atoms with Gasteiger partial charge in [0.25, 0.3) is 0 Å². The number of thioether (sulfide) groups is 1. The quantitative estimate of drug-likeness (QED) is 0.842. The van der Waals surface area contributed by atoms with Gasteiger partial charge in [-0.05, 0) is 29.5 Å². The number of carbonyl (C=O) groups is 1. The largest absolute Gasteiger partial charge is 0.323 e. The number of aromatic nitrogens is 4. The van der Waals surface area contributed by atoms with Gasteiger partial charge in [-0.1, -0.05) is 23.9 Å². The van der Waals surface area contributed by atoms with E-state index in [1.165, 1.54) is 23.9 Å². The van der Waals surface area contributed by atoms with Gasteiger partial charge >= 0.3 is 0 Å². The Bertz CT molecular complexity index is 574. The monoisotopic (exact) mass is 281 g/mol. The van der Waals surface area contributed by atoms with Crippen LogP contribution in [-0.4, -0.2) is 31.9 Å². The van der Waals surface area contributed by atoms with Gasteiger partial charge in [0.2, 0.25) is 11.1 Å². The molecular formula is C11H12FN5OS. The van der Waals surface area contributed by atoms with Crippen LogP contribution in [0.4, 0.5) is 10.1 Å². The van der Waals surface area contributed by atoms with Gasteiger partial charge in [0.15, 0.2) is 0 Å². The molecule has 1 amide bonds. The van der Waals surface area contributed by atoms with Crippen LogP contribution < -0.4 is 5.32 Å². The number of nitrogens with one attached hydrogen (secondary N) is 1.